The van der Waals surface area contributed by atoms with E-state index in [-0.39, 0.29) is 19.6 Å². The minimum absolute atomic E-state index is 0.0749. The Morgan fingerprint density at radius 1 is 0.900 bits per heavy atom. The van der Waals surface area contributed by atoms with Crippen LogP contribution < -0.4 is 5.73 Å². The van der Waals surface area contributed by atoms with Crippen molar-refractivity contribution in [1.82, 2.24) is 0 Å². The lowest BCUT2D eigenvalue weighted by Crippen LogP contribution is -2.27. The number of phosphoric acid groups is 1. The number of hydrogen-bond donors (Lipinski definition) is 3. The van der Waals surface area contributed by atoms with Crippen LogP contribution >= 0.6 is 7.82 Å². The molecule has 2 atom stereocenters. The van der Waals surface area contributed by atoms with Crippen LogP contribution in [-0.4, -0.2) is 48.4 Å². The number of unbranched alkanes of at least 4 members (excludes halogenated alkanes) is 12. The van der Waals surface area contributed by atoms with Gasteiger partial charge in [0.15, 0.2) is 0 Å². The number of hydrogen-bond acceptors (Lipinski definition) is 7. The lowest BCUT2D eigenvalue weighted by Gasteiger charge is -2.17. The van der Waals surface area contributed by atoms with Crippen LogP contribution in [0, 0.1) is 0 Å². The second-order valence-corrected chi connectivity index (χ2v) is 9.13. The third-order valence-electron chi connectivity index (χ3n) is 4.78. The van der Waals surface area contributed by atoms with Gasteiger partial charge in [0.1, 0.15) is 6.10 Å². The summed E-state index contributed by atoms with van der Waals surface area (Å²) in [6, 6.07) is 0. The molecule has 8 nitrogen and oxygen atoms in total. The standard InChI is InChI=1S/C21H44NO7P/c1-2-3-4-5-6-7-8-9-10-11-12-13-14-15-21(24)29-20(18-23)19-28-30(25,26)27-17-16-22/h20,23H,2-19,22H2,1H3,(H,25,26). The van der Waals surface area contributed by atoms with Crippen molar-refractivity contribution < 1.29 is 33.1 Å². The number of aliphatic hydroxyl groups excluding tert-OH is 1. The molecule has 0 aromatic rings. The first-order valence-corrected chi connectivity index (χ1v) is 13.1. The Hall–Kier alpha value is -0.500. The molecule has 2 unspecified atom stereocenters. The summed E-state index contributed by atoms with van der Waals surface area (Å²) in [6.07, 6.45) is 15.2. The molecule has 0 aliphatic carbocycles. The van der Waals surface area contributed by atoms with Crippen LogP contribution in [0.25, 0.3) is 0 Å². The van der Waals surface area contributed by atoms with E-state index >= 15 is 0 Å². The van der Waals surface area contributed by atoms with Crippen LogP contribution in [-0.2, 0) is 23.1 Å². The fourth-order valence-electron chi connectivity index (χ4n) is 3.04. The molecule has 0 aliphatic heterocycles. The molecule has 0 heterocycles. The van der Waals surface area contributed by atoms with E-state index in [0.717, 1.165) is 19.3 Å². The summed E-state index contributed by atoms with van der Waals surface area (Å²) in [5.41, 5.74) is 5.18. The van der Waals surface area contributed by atoms with Gasteiger partial charge in [0, 0.05) is 13.0 Å². The molecule has 0 saturated carbocycles. The van der Waals surface area contributed by atoms with Crippen molar-refractivity contribution in [3.63, 3.8) is 0 Å². The molecule has 0 spiro atoms. The minimum Gasteiger partial charge on any atom is -0.457 e. The number of carbonyl (C=O) groups excluding carboxylic acids is 1. The molecular weight excluding hydrogens is 409 g/mol. The average molecular weight is 454 g/mol. The summed E-state index contributed by atoms with van der Waals surface area (Å²) < 4.78 is 25.9. The predicted octanol–water partition coefficient (Wildman–Crippen LogP) is 4.46. The Balaban J connectivity index is 3.61. The first-order valence-electron chi connectivity index (χ1n) is 11.6. The van der Waals surface area contributed by atoms with Gasteiger partial charge < -0.3 is 20.5 Å². The van der Waals surface area contributed by atoms with E-state index in [0.29, 0.717) is 0 Å². The van der Waals surface area contributed by atoms with Crippen molar-refractivity contribution in [1.29, 1.82) is 0 Å². The Bertz CT molecular complexity index is 451. The van der Waals surface area contributed by atoms with E-state index in [1.165, 1.54) is 64.2 Å². The Morgan fingerprint density at radius 3 is 1.87 bits per heavy atom. The highest BCUT2D eigenvalue weighted by atomic mass is 31.2. The van der Waals surface area contributed by atoms with Gasteiger partial charge in [-0.05, 0) is 6.42 Å². The topological polar surface area (TPSA) is 128 Å². The molecule has 30 heavy (non-hydrogen) atoms. The molecule has 0 amide bonds. The number of esters is 1. The zero-order valence-electron chi connectivity index (χ0n) is 18.8. The summed E-state index contributed by atoms with van der Waals surface area (Å²) >= 11 is 0. The zero-order valence-corrected chi connectivity index (χ0v) is 19.7. The van der Waals surface area contributed by atoms with Crippen molar-refractivity contribution in [3.05, 3.63) is 0 Å². The van der Waals surface area contributed by atoms with Crippen molar-refractivity contribution >= 4 is 13.8 Å². The lowest BCUT2D eigenvalue weighted by atomic mass is 10.0. The minimum atomic E-state index is -4.25. The number of carbonyl (C=O) groups is 1. The van der Waals surface area contributed by atoms with Gasteiger partial charge in [-0.3, -0.25) is 13.8 Å². The molecule has 4 N–H and O–H groups in total. The van der Waals surface area contributed by atoms with Gasteiger partial charge in [-0.2, -0.15) is 0 Å². The van der Waals surface area contributed by atoms with Crippen LogP contribution in [0.1, 0.15) is 96.8 Å². The molecule has 0 saturated heterocycles. The molecular formula is C21H44NO7P. The third-order valence-corrected chi connectivity index (χ3v) is 5.77. The van der Waals surface area contributed by atoms with Crippen LogP contribution in [0.3, 0.4) is 0 Å². The van der Waals surface area contributed by atoms with E-state index in [4.69, 9.17) is 15.0 Å². The highest BCUT2D eigenvalue weighted by Gasteiger charge is 2.24. The number of nitrogens with two attached hydrogens (primary N) is 1. The number of aliphatic hydroxyl groups is 1. The Morgan fingerprint density at radius 2 is 1.40 bits per heavy atom. The Labute approximate surface area is 182 Å². The molecule has 180 valence electrons. The summed E-state index contributed by atoms with van der Waals surface area (Å²) in [4.78, 5) is 21.2. The average Bonchev–Trinajstić information content (AvgIpc) is 2.73. The highest BCUT2D eigenvalue weighted by molar-refractivity contribution is 7.47. The number of ether oxygens (including phenoxy) is 1. The van der Waals surface area contributed by atoms with Crippen molar-refractivity contribution in [2.24, 2.45) is 5.73 Å². The molecule has 0 bridgehead atoms. The summed E-state index contributed by atoms with van der Waals surface area (Å²) in [5.74, 6) is -0.448. The van der Waals surface area contributed by atoms with Crippen LogP contribution in [0.2, 0.25) is 0 Å². The van der Waals surface area contributed by atoms with E-state index < -0.39 is 33.1 Å². The van der Waals surface area contributed by atoms with Gasteiger partial charge in [-0.1, -0.05) is 84.0 Å². The molecule has 0 radical (unpaired) electrons. The molecule has 0 aromatic heterocycles. The van der Waals surface area contributed by atoms with Gasteiger partial charge in [0.25, 0.3) is 0 Å². The quantitative estimate of drug-likeness (QED) is 0.124. The van der Waals surface area contributed by atoms with Crippen LogP contribution in [0.4, 0.5) is 0 Å². The predicted molar refractivity (Wildman–Crippen MR) is 118 cm³/mol. The number of phosphoric ester groups is 1. The first kappa shape index (κ1) is 29.5. The Kier molecular flexibility index (Phi) is 20.1. The third kappa shape index (κ3) is 19.5. The summed E-state index contributed by atoms with van der Waals surface area (Å²) in [7, 11) is -4.25. The second kappa shape index (κ2) is 20.4. The number of rotatable bonds is 22. The second-order valence-electron chi connectivity index (χ2n) is 7.67. The monoisotopic (exact) mass is 453 g/mol. The van der Waals surface area contributed by atoms with Gasteiger partial charge in [0.2, 0.25) is 0 Å². The van der Waals surface area contributed by atoms with Crippen molar-refractivity contribution in [2.45, 2.75) is 103 Å². The maximum Gasteiger partial charge on any atom is 0.472 e. The van der Waals surface area contributed by atoms with Gasteiger partial charge in [-0.15, -0.1) is 0 Å². The molecule has 0 fully saturated rings. The zero-order chi connectivity index (χ0) is 22.5. The first-order chi connectivity index (χ1) is 14.4. The van der Waals surface area contributed by atoms with Crippen LogP contribution in [0.5, 0.6) is 0 Å². The van der Waals surface area contributed by atoms with E-state index in [1.54, 1.807) is 0 Å². The van der Waals surface area contributed by atoms with Crippen LogP contribution in [0.15, 0.2) is 0 Å². The SMILES string of the molecule is CCCCCCCCCCCCCCCC(=O)OC(CO)COP(=O)(O)OCCN. The highest BCUT2D eigenvalue weighted by Crippen LogP contribution is 2.42. The maximum atomic E-state index is 11.8. The summed E-state index contributed by atoms with van der Waals surface area (Å²) in [5, 5.41) is 9.24. The fourth-order valence-corrected chi connectivity index (χ4v) is 3.80. The maximum absolute atomic E-state index is 11.8. The molecule has 0 rings (SSSR count). The normalized spacial score (nSPS) is 14.4. The van der Waals surface area contributed by atoms with E-state index in [9.17, 15) is 19.4 Å². The summed E-state index contributed by atoms with van der Waals surface area (Å²) in [6.45, 7) is 1.27. The molecule has 0 aromatic carbocycles. The fraction of sp³-hybridized carbons (Fsp3) is 0.952. The smallest absolute Gasteiger partial charge is 0.457 e. The van der Waals surface area contributed by atoms with Gasteiger partial charge in [-0.25, -0.2) is 4.57 Å². The molecule has 0 aliphatic rings. The van der Waals surface area contributed by atoms with Gasteiger partial charge >= 0.3 is 13.8 Å². The largest absolute Gasteiger partial charge is 0.472 e. The van der Waals surface area contributed by atoms with Crippen molar-refractivity contribution in [2.75, 3.05) is 26.4 Å². The van der Waals surface area contributed by atoms with E-state index in [1.807, 2.05) is 0 Å². The van der Waals surface area contributed by atoms with Crippen molar-refractivity contribution in [3.8, 4) is 0 Å². The van der Waals surface area contributed by atoms with E-state index in [2.05, 4.69) is 11.4 Å². The lowest BCUT2D eigenvalue weighted by molar-refractivity contribution is -0.153. The van der Waals surface area contributed by atoms with Gasteiger partial charge in [0.05, 0.1) is 19.8 Å². The molecule has 9 heteroatoms.